The molecule has 0 aromatic carbocycles. The fraction of sp³-hybridized carbons (Fsp3) is 0.692. The molecule has 1 saturated carbocycles. The van der Waals surface area contributed by atoms with Crippen LogP contribution in [-0.2, 0) is 4.74 Å². The van der Waals surface area contributed by atoms with Crippen LogP contribution in [0.5, 0.6) is 0 Å². The Morgan fingerprint density at radius 1 is 1.58 bits per heavy atom. The Morgan fingerprint density at radius 3 is 2.89 bits per heavy atom. The highest BCUT2D eigenvalue weighted by atomic mass is 16.6. The van der Waals surface area contributed by atoms with E-state index in [0.29, 0.717) is 17.7 Å². The van der Waals surface area contributed by atoms with Crippen LogP contribution < -0.4 is 5.73 Å². The molecule has 2 aliphatic heterocycles. The number of H-pyrrole nitrogens is 1. The molecule has 1 aliphatic carbocycles. The van der Waals surface area contributed by atoms with Crippen molar-refractivity contribution in [3.05, 3.63) is 11.8 Å². The molecule has 1 amide bonds. The number of fused-ring (bicyclic) bond motifs is 1. The highest BCUT2D eigenvalue weighted by molar-refractivity contribution is 5.70. The van der Waals surface area contributed by atoms with Gasteiger partial charge in [0.1, 0.15) is 11.4 Å². The predicted molar refractivity (Wildman–Crippen MR) is 70.6 cm³/mol. The molecular weight excluding hydrogens is 244 g/mol. The Bertz CT molecular complexity index is 505. The number of aromatic nitrogens is 2. The van der Waals surface area contributed by atoms with Gasteiger partial charge in [0.05, 0.1) is 0 Å². The third-order valence-electron chi connectivity index (χ3n) is 3.90. The number of hydrogen-bond acceptors (Lipinski definition) is 4. The second-order valence-corrected chi connectivity index (χ2v) is 6.47. The zero-order chi connectivity index (χ0) is 13.8. The van der Waals surface area contributed by atoms with Crippen molar-refractivity contribution in [3.8, 4) is 0 Å². The minimum absolute atomic E-state index is 0.213. The van der Waals surface area contributed by atoms with Gasteiger partial charge >= 0.3 is 6.09 Å². The van der Waals surface area contributed by atoms with E-state index >= 15 is 0 Å². The number of anilines is 1. The Hall–Kier alpha value is -1.72. The summed E-state index contributed by atoms with van der Waals surface area (Å²) in [5.74, 6) is 1.33. The molecule has 3 heterocycles. The van der Waals surface area contributed by atoms with Crippen LogP contribution in [0.2, 0.25) is 0 Å². The van der Waals surface area contributed by atoms with Crippen molar-refractivity contribution in [2.75, 3.05) is 12.3 Å². The minimum Gasteiger partial charge on any atom is -0.444 e. The molecule has 6 heteroatoms. The summed E-state index contributed by atoms with van der Waals surface area (Å²) in [7, 11) is 0. The van der Waals surface area contributed by atoms with Gasteiger partial charge in [0, 0.05) is 30.3 Å². The molecule has 0 radical (unpaired) electrons. The summed E-state index contributed by atoms with van der Waals surface area (Å²) < 4.78 is 5.44. The summed E-state index contributed by atoms with van der Waals surface area (Å²) in [5, 5.41) is 6.93. The maximum Gasteiger partial charge on any atom is 0.410 e. The van der Waals surface area contributed by atoms with E-state index in [1.54, 1.807) is 0 Å². The van der Waals surface area contributed by atoms with E-state index < -0.39 is 5.60 Å². The quantitative estimate of drug-likeness (QED) is 0.808. The first-order chi connectivity index (χ1) is 8.85. The first-order valence-electron chi connectivity index (χ1n) is 6.65. The summed E-state index contributed by atoms with van der Waals surface area (Å²) in [6.07, 6.45) is 0.832. The molecule has 19 heavy (non-hydrogen) atoms. The second kappa shape index (κ2) is 3.88. The first kappa shape index (κ1) is 12.3. The Labute approximate surface area is 112 Å². The maximum atomic E-state index is 12.1. The molecule has 3 aliphatic rings. The highest BCUT2D eigenvalue weighted by Crippen LogP contribution is 2.52. The molecule has 1 aromatic rings. The van der Waals surface area contributed by atoms with E-state index in [2.05, 4.69) is 10.2 Å². The Morgan fingerprint density at radius 2 is 2.32 bits per heavy atom. The number of ether oxygens (including phenoxy) is 1. The van der Waals surface area contributed by atoms with Gasteiger partial charge in [-0.05, 0) is 33.1 Å². The third-order valence-corrected chi connectivity index (χ3v) is 3.90. The van der Waals surface area contributed by atoms with Crippen LogP contribution >= 0.6 is 0 Å². The van der Waals surface area contributed by atoms with Crippen molar-refractivity contribution in [1.82, 2.24) is 15.1 Å². The fourth-order valence-corrected chi connectivity index (χ4v) is 3.13. The van der Waals surface area contributed by atoms with Gasteiger partial charge in [-0.25, -0.2) is 4.79 Å². The third kappa shape index (κ3) is 2.05. The molecule has 0 spiro atoms. The van der Waals surface area contributed by atoms with Crippen LogP contribution in [0.1, 0.15) is 38.8 Å². The van der Waals surface area contributed by atoms with Gasteiger partial charge in [0.15, 0.2) is 0 Å². The number of aromatic amines is 1. The van der Waals surface area contributed by atoms with E-state index in [1.807, 2.05) is 31.7 Å². The number of carbonyl (C=O) groups excluding carboxylic acids is 1. The largest absolute Gasteiger partial charge is 0.444 e. The monoisotopic (exact) mass is 264 g/mol. The van der Waals surface area contributed by atoms with Gasteiger partial charge in [0.25, 0.3) is 0 Å². The number of hydrogen-bond donors (Lipinski definition) is 2. The lowest BCUT2D eigenvalue weighted by Crippen LogP contribution is -2.42. The molecule has 2 saturated heterocycles. The summed E-state index contributed by atoms with van der Waals surface area (Å²) in [5.41, 5.74) is 6.22. The summed E-state index contributed by atoms with van der Waals surface area (Å²) in [4.78, 5) is 14.0. The SMILES string of the molecule is CC(C)(C)OC(=O)N1C[C@@H]2C[C@H]1C2c1cc(N)n[nH]1. The van der Waals surface area contributed by atoms with Gasteiger partial charge in [-0.15, -0.1) is 0 Å². The van der Waals surface area contributed by atoms with E-state index in [-0.39, 0.29) is 12.1 Å². The normalized spacial score (nSPS) is 29.2. The molecule has 3 N–H and O–H groups in total. The van der Waals surface area contributed by atoms with Crippen molar-refractivity contribution < 1.29 is 9.53 Å². The average molecular weight is 264 g/mol. The lowest BCUT2D eigenvalue weighted by Gasteiger charge is -2.35. The minimum atomic E-state index is -0.446. The highest BCUT2D eigenvalue weighted by Gasteiger charge is 2.55. The molecule has 3 fully saturated rings. The van der Waals surface area contributed by atoms with Crippen LogP contribution in [0.3, 0.4) is 0 Å². The molecule has 2 bridgehead atoms. The van der Waals surface area contributed by atoms with Crippen molar-refractivity contribution in [2.24, 2.45) is 5.92 Å². The summed E-state index contributed by atoms with van der Waals surface area (Å²) >= 11 is 0. The van der Waals surface area contributed by atoms with Gasteiger partial charge in [0.2, 0.25) is 0 Å². The first-order valence-corrected chi connectivity index (χ1v) is 6.65. The summed E-state index contributed by atoms with van der Waals surface area (Å²) in [6.45, 7) is 6.43. The second-order valence-electron chi connectivity index (χ2n) is 6.47. The van der Waals surface area contributed by atoms with Crippen molar-refractivity contribution in [3.63, 3.8) is 0 Å². The van der Waals surface area contributed by atoms with E-state index in [9.17, 15) is 4.79 Å². The van der Waals surface area contributed by atoms with Crippen LogP contribution in [0.4, 0.5) is 10.6 Å². The Balaban J connectivity index is 1.71. The molecule has 104 valence electrons. The van der Waals surface area contributed by atoms with Crippen LogP contribution in [0, 0.1) is 5.92 Å². The number of amides is 1. The number of carbonyl (C=O) groups is 1. The van der Waals surface area contributed by atoms with Gasteiger partial charge < -0.3 is 15.4 Å². The molecule has 4 rings (SSSR count). The number of rotatable bonds is 1. The van der Waals surface area contributed by atoms with Gasteiger partial charge in [-0.1, -0.05) is 0 Å². The Kier molecular flexibility index (Phi) is 2.52. The number of nitrogens with one attached hydrogen (secondary N) is 1. The lowest BCUT2D eigenvalue weighted by molar-refractivity contribution is 0.0232. The average Bonchev–Trinajstić information content (AvgIpc) is 2.88. The van der Waals surface area contributed by atoms with Gasteiger partial charge in [-0.2, -0.15) is 5.10 Å². The van der Waals surface area contributed by atoms with Crippen LogP contribution in [0.15, 0.2) is 6.07 Å². The lowest BCUT2D eigenvalue weighted by atomic mass is 9.72. The smallest absolute Gasteiger partial charge is 0.410 e. The molecule has 3 atom stereocenters. The number of nitrogens with two attached hydrogens (primary N) is 1. The van der Waals surface area contributed by atoms with Crippen molar-refractivity contribution in [1.29, 1.82) is 0 Å². The zero-order valence-corrected chi connectivity index (χ0v) is 11.5. The van der Waals surface area contributed by atoms with Crippen molar-refractivity contribution >= 4 is 11.9 Å². The van der Waals surface area contributed by atoms with E-state index in [1.165, 1.54) is 0 Å². The number of nitrogen functional groups attached to an aromatic ring is 1. The predicted octanol–water partition coefficient (Wildman–Crippen LogP) is 1.71. The molecule has 1 aromatic heterocycles. The maximum absolute atomic E-state index is 12.1. The van der Waals surface area contributed by atoms with Crippen LogP contribution in [0.25, 0.3) is 0 Å². The van der Waals surface area contributed by atoms with Gasteiger partial charge in [-0.3, -0.25) is 5.10 Å². The molecule has 1 unspecified atom stereocenters. The number of nitrogens with zero attached hydrogens (tertiary/aromatic N) is 2. The van der Waals surface area contributed by atoms with Crippen molar-refractivity contribution in [2.45, 2.75) is 44.8 Å². The topological polar surface area (TPSA) is 84.2 Å². The zero-order valence-electron chi connectivity index (χ0n) is 11.5. The standard InChI is InChI=1S/C13H20N4O2/c1-13(2,3)19-12(18)17-6-7-4-9(17)11(7)8-5-10(14)16-15-8/h5,7,9,11H,4,6H2,1-3H3,(H3,14,15,16)/t7-,9-,11?/m0/s1. The molecule has 6 nitrogen and oxygen atoms in total. The van der Waals surface area contributed by atoms with Crippen LogP contribution in [-0.4, -0.2) is 39.4 Å². The fourth-order valence-electron chi connectivity index (χ4n) is 3.13. The van der Waals surface area contributed by atoms with E-state index in [0.717, 1.165) is 18.7 Å². The van der Waals surface area contributed by atoms with E-state index in [4.69, 9.17) is 10.5 Å². The molecular formula is C13H20N4O2. The summed E-state index contributed by atoms with van der Waals surface area (Å²) in [6, 6.07) is 2.09.